The van der Waals surface area contributed by atoms with Gasteiger partial charge < -0.3 is 10.2 Å². The van der Waals surface area contributed by atoms with Crippen LogP contribution in [0.2, 0.25) is 0 Å². The highest BCUT2D eigenvalue weighted by Crippen LogP contribution is 2.22. The summed E-state index contributed by atoms with van der Waals surface area (Å²) in [7, 11) is 0. The summed E-state index contributed by atoms with van der Waals surface area (Å²) in [6.45, 7) is 11.7. The van der Waals surface area contributed by atoms with Crippen LogP contribution >= 0.6 is 0 Å². The van der Waals surface area contributed by atoms with Crippen LogP contribution in [0.4, 0.5) is 0 Å². The summed E-state index contributed by atoms with van der Waals surface area (Å²) in [5.74, 6) is 1.64. The predicted molar refractivity (Wildman–Crippen MR) is 91.4 cm³/mol. The Kier molecular flexibility index (Phi) is 6.72. The van der Waals surface area contributed by atoms with Gasteiger partial charge in [0.2, 0.25) is 0 Å². The Morgan fingerprint density at radius 1 is 1.19 bits per heavy atom. The average molecular weight is 288 g/mol. The first-order valence-electron chi connectivity index (χ1n) is 8.67. The number of rotatable bonds is 7. The van der Waals surface area contributed by atoms with Gasteiger partial charge in [0.1, 0.15) is 0 Å². The van der Waals surface area contributed by atoms with E-state index in [4.69, 9.17) is 0 Å². The molecule has 1 N–H and O–H groups in total. The number of hydrogen-bond acceptors (Lipinski definition) is 2. The Labute approximate surface area is 130 Å². The lowest BCUT2D eigenvalue weighted by molar-refractivity contribution is 0.122. The highest BCUT2D eigenvalue weighted by atomic mass is 15.2. The Balaban J connectivity index is 1.87. The third-order valence-electron chi connectivity index (χ3n) is 4.37. The molecule has 2 heteroatoms. The number of nitrogens with one attached hydrogen (secondary N) is 1. The molecule has 118 valence electrons. The lowest BCUT2D eigenvalue weighted by atomic mass is 9.90. The SMILES string of the molecule is CCCC1CC(NCc2ccccc2)CN(CC(C)C)C1. The molecule has 0 aromatic heterocycles. The quantitative estimate of drug-likeness (QED) is 0.818. The molecular weight excluding hydrogens is 256 g/mol. The molecule has 1 saturated heterocycles. The first kappa shape index (κ1) is 16.5. The maximum atomic E-state index is 3.79. The van der Waals surface area contributed by atoms with E-state index in [1.165, 1.54) is 44.5 Å². The van der Waals surface area contributed by atoms with Crippen molar-refractivity contribution in [2.75, 3.05) is 19.6 Å². The summed E-state index contributed by atoms with van der Waals surface area (Å²) in [4.78, 5) is 2.68. The second kappa shape index (κ2) is 8.55. The number of benzene rings is 1. The van der Waals surface area contributed by atoms with Crippen molar-refractivity contribution in [1.29, 1.82) is 0 Å². The molecule has 1 fully saturated rings. The minimum Gasteiger partial charge on any atom is -0.309 e. The Bertz CT molecular complexity index is 388. The fourth-order valence-electron chi connectivity index (χ4n) is 3.59. The van der Waals surface area contributed by atoms with Gasteiger partial charge in [-0.05, 0) is 30.2 Å². The zero-order chi connectivity index (χ0) is 15.1. The third kappa shape index (κ3) is 5.80. The molecule has 0 aliphatic carbocycles. The van der Waals surface area contributed by atoms with Crippen LogP contribution in [0.25, 0.3) is 0 Å². The van der Waals surface area contributed by atoms with E-state index >= 15 is 0 Å². The first-order chi connectivity index (χ1) is 10.2. The molecular formula is C19H32N2. The van der Waals surface area contributed by atoms with Gasteiger partial charge in [-0.2, -0.15) is 0 Å². The molecule has 0 radical (unpaired) electrons. The zero-order valence-electron chi connectivity index (χ0n) is 14.0. The third-order valence-corrected chi connectivity index (χ3v) is 4.37. The van der Waals surface area contributed by atoms with Gasteiger partial charge in [-0.15, -0.1) is 0 Å². The smallest absolute Gasteiger partial charge is 0.0208 e. The van der Waals surface area contributed by atoms with Crippen molar-refractivity contribution in [2.24, 2.45) is 11.8 Å². The molecule has 1 heterocycles. The Hall–Kier alpha value is -0.860. The van der Waals surface area contributed by atoms with Crippen molar-refractivity contribution in [3.05, 3.63) is 35.9 Å². The molecule has 0 amide bonds. The molecule has 1 aliphatic heterocycles. The van der Waals surface area contributed by atoms with Crippen LogP contribution in [0, 0.1) is 11.8 Å². The lowest BCUT2D eigenvalue weighted by Crippen LogP contribution is -2.49. The minimum absolute atomic E-state index is 0.647. The van der Waals surface area contributed by atoms with Crippen LogP contribution in [-0.4, -0.2) is 30.6 Å². The van der Waals surface area contributed by atoms with Gasteiger partial charge >= 0.3 is 0 Å². The molecule has 0 saturated carbocycles. The van der Waals surface area contributed by atoms with E-state index in [0.29, 0.717) is 6.04 Å². The normalized spacial score (nSPS) is 23.6. The molecule has 1 aromatic rings. The first-order valence-corrected chi connectivity index (χ1v) is 8.67. The topological polar surface area (TPSA) is 15.3 Å². The molecule has 2 nitrogen and oxygen atoms in total. The highest BCUT2D eigenvalue weighted by Gasteiger charge is 2.26. The van der Waals surface area contributed by atoms with Crippen molar-refractivity contribution < 1.29 is 0 Å². The summed E-state index contributed by atoms with van der Waals surface area (Å²) in [6.07, 6.45) is 4.03. The van der Waals surface area contributed by atoms with Crippen molar-refractivity contribution in [2.45, 2.75) is 52.6 Å². The van der Waals surface area contributed by atoms with E-state index in [2.05, 4.69) is 61.3 Å². The standard InChI is InChI=1S/C19H32N2/c1-4-8-18-11-19(15-21(14-18)13-16(2)3)20-12-17-9-6-5-7-10-17/h5-7,9-10,16,18-20H,4,8,11-15H2,1-3H3. The summed E-state index contributed by atoms with van der Waals surface area (Å²) in [5.41, 5.74) is 1.39. The molecule has 0 spiro atoms. The van der Waals surface area contributed by atoms with Crippen molar-refractivity contribution in [3.63, 3.8) is 0 Å². The van der Waals surface area contributed by atoms with Crippen LogP contribution in [0.1, 0.15) is 45.6 Å². The van der Waals surface area contributed by atoms with Crippen LogP contribution in [0.3, 0.4) is 0 Å². The molecule has 2 atom stereocenters. The number of nitrogens with zero attached hydrogens (tertiary/aromatic N) is 1. The molecule has 1 aliphatic rings. The molecule has 21 heavy (non-hydrogen) atoms. The van der Waals surface area contributed by atoms with Gasteiger partial charge in [-0.25, -0.2) is 0 Å². The van der Waals surface area contributed by atoms with Gasteiger partial charge in [0.25, 0.3) is 0 Å². The van der Waals surface area contributed by atoms with Gasteiger partial charge in [0, 0.05) is 32.2 Å². The van der Waals surface area contributed by atoms with Crippen molar-refractivity contribution in [1.82, 2.24) is 10.2 Å². The second-order valence-corrected chi connectivity index (χ2v) is 7.07. The maximum absolute atomic E-state index is 3.79. The molecule has 0 bridgehead atoms. The van der Waals surface area contributed by atoms with Crippen LogP contribution in [0.15, 0.2) is 30.3 Å². The highest BCUT2D eigenvalue weighted by molar-refractivity contribution is 5.14. The molecule has 2 rings (SSSR count). The van der Waals surface area contributed by atoms with E-state index in [-0.39, 0.29) is 0 Å². The van der Waals surface area contributed by atoms with Crippen LogP contribution in [-0.2, 0) is 6.54 Å². The summed E-state index contributed by atoms with van der Waals surface area (Å²) >= 11 is 0. The number of likely N-dealkylation sites (tertiary alicyclic amines) is 1. The van der Waals surface area contributed by atoms with Crippen molar-refractivity contribution in [3.8, 4) is 0 Å². The van der Waals surface area contributed by atoms with Crippen molar-refractivity contribution >= 4 is 0 Å². The minimum atomic E-state index is 0.647. The molecule has 2 unspecified atom stereocenters. The number of hydrogen-bond donors (Lipinski definition) is 1. The van der Waals surface area contributed by atoms with E-state index < -0.39 is 0 Å². The van der Waals surface area contributed by atoms with E-state index in [0.717, 1.165) is 18.4 Å². The Morgan fingerprint density at radius 2 is 1.95 bits per heavy atom. The maximum Gasteiger partial charge on any atom is 0.0208 e. The largest absolute Gasteiger partial charge is 0.309 e. The Morgan fingerprint density at radius 3 is 2.62 bits per heavy atom. The summed E-state index contributed by atoms with van der Waals surface area (Å²) in [6, 6.07) is 11.4. The van der Waals surface area contributed by atoms with Crippen LogP contribution < -0.4 is 5.32 Å². The zero-order valence-corrected chi connectivity index (χ0v) is 14.0. The fraction of sp³-hybridized carbons (Fsp3) is 0.684. The van der Waals surface area contributed by atoms with Crippen LogP contribution in [0.5, 0.6) is 0 Å². The summed E-state index contributed by atoms with van der Waals surface area (Å²) < 4.78 is 0. The van der Waals surface area contributed by atoms with Gasteiger partial charge in [0.05, 0.1) is 0 Å². The monoisotopic (exact) mass is 288 g/mol. The summed E-state index contributed by atoms with van der Waals surface area (Å²) in [5, 5.41) is 3.79. The number of piperidine rings is 1. The second-order valence-electron chi connectivity index (χ2n) is 7.07. The lowest BCUT2D eigenvalue weighted by Gasteiger charge is -2.39. The van der Waals surface area contributed by atoms with E-state index in [1.54, 1.807) is 0 Å². The van der Waals surface area contributed by atoms with E-state index in [9.17, 15) is 0 Å². The fourth-order valence-corrected chi connectivity index (χ4v) is 3.59. The van der Waals surface area contributed by atoms with Gasteiger partial charge in [0.15, 0.2) is 0 Å². The predicted octanol–water partition coefficient (Wildman–Crippen LogP) is 3.92. The van der Waals surface area contributed by atoms with E-state index in [1.807, 2.05) is 0 Å². The molecule has 1 aromatic carbocycles. The average Bonchev–Trinajstić information content (AvgIpc) is 2.46. The van der Waals surface area contributed by atoms with Gasteiger partial charge in [-0.1, -0.05) is 57.5 Å². The van der Waals surface area contributed by atoms with Gasteiger partial charge in [-0.3, -0.25) is 0 Å².